The maximum atomic E-state index is 13.5. The fraction of sp³-hybridized carbons (Fsp3) is 0.0741. The monoisotopic (exact) mass is 514 g/mol. The standard InChI is InChI=1S/C27H20F2N6O3/c28-21-6-4-17(10-22(21)29)14-35-15-30-13-20(27(35)38)25(36)33-7-1-2-16-3-5-18-19(12-24-31-8-9-32-24)26(37)34-23(18)11-16/h1-6,8-13,15H,7,14H2,(H,31,32)(H,33,36)(H,34,37). The minimum Gasteiger partial charge on any atom is -0.348 e. The van der Waals surface area contributed by atoms with E-state index in [0.29, 0.717) is 22.6 Å². The minimum absolute atomic E-state index is 0.0721. The minimum atomic E-state index is -1.03. The van der Waals surface area contributed by atoms with Crippen LogP contribution in [0.4, 0.5) is 14.5 Å². The Morgan fingerprint density at radius 1 is 1.11 bits per heavy atom. The van der Waals surface area contributed by atoms with E-state index >= 15 is 0 Å². The molecule has 0 unspecified atom stereocenters. The second kappa shape index (κ2) is 10.4. The van der Waals surface area contributed by atoms with Crippen molar-refractivity contribution in [3.63, 3.8) is 0 Å². The lowest BCUT2D eigenvalue weighted by Crippen LogP contribution is -2.33. The van der Waals surface area contributed by atoms with E-state index in [1.54, 1.807) is 30.6 Å². The first-order valence-corrected chi connectivity index (χ1v) is 11.5. The molecule has 38 heavy (non-hydrogen) atoms. The Balaban J connectivity index is 1.22. The highest BCUT2D eigenvalue weighted by atomic mass is 19.2. The van der Waals surface area contributed by atoms with Crippen molar-refractivity contribution in [2.45, 2.75) is 6.54 Å². The molecule has 3 N–H and O–H groups in total. The van der Waals surface area contributed by atoms with Gasteiger partial charge in [-0.25, -0.2) is 18.7 Å². The number of benzene rings is 2. The zero-order valence-electron chi connectivity index (χ0n) is 19.7. The molecule has 5 rings (SSSR count). The van der Waals surface area contributed by atoms with Crippen LogP contribution in [0.15, 0.2) is 72.2 Å². The van der Waals surface area contributed by atoms with Crippen molar-refractivity contribution in [1.82, 2.24) is 24.8 Å². The molecule has 190 valence electrons. The number of carbonyl (C=O) groups excluding carboxylic acids is 2. The molecule has 4 aromatic rings. The molecule has 0 aliphatic carbocycles. The number of aromatic amines is 1. The van der Waals surface area contributed by atoms with Crippen molar-refractivity contribution in [2.24, 2.45) is 0 Å². The van der Waals surface area contributed by atoms with Crippen LogP contribution in [0.3, 0.4) is 0 Å². The Morgan fingerprint density at radius 2 is 1.97 bits per heavy atom. The molecule has 1 aliphatic rings. The fourth-order valence-electron chi connectivity index (χ4n) is 3.95. The van der Waals surface area contributed by atoms with Crippen LogP contribution in [0.5, 0.6) is 0 Å². The van der Waals surface area contributed by atoms with Crippen LogP contribution in [0.25, 0.3) is 17.7 Å². The third-order valence-electron chi connectivity index (χ3n) is 5.80. The van der Waals surface area contributed by atoms with Crippen LogP contribution < -0.4 is 16.2 Å². The number of fused-ring (bicyclic) bond motifs is 1. The molecule has 0 saturated carbocycles. The number of amides is 2. The second-order valence-electron chi connectivity index (χ2n) is 8.39. The number of carbonyl (C=O) groups is 2. The number of anilines is 1. The highest BCUT2D eigenvalue weighted by Crippen LogP contribution is 2.33. The van der Waals surface area contributed by atoms with Gasteiger partial charge in [0.25, 0.3) is 17.4 Å². The molecule has 0 spiro atoms. The van der Waals surface area contributed by atoms with Crippen molar-refractivity contribution in [1.29, 1.82) is 0 Å². The number of nitrogens with zero attached hydrogens (tertiary/aromatic N) is 3. The summed E-state index contributed by atoms with van der Waals surface area (Å²) in [6.45, 7) is 0.0563. The maximum Gasteiger partial charge on any atom is 0.266 e. The molecule has 9 nitrogen and oxygen atoms in total. The van der Waals surface area contributed by atoms with Crippen molar-refractivity contribution in [3.05, 3.63) is 117 Å². The molecule has 3 heterocycles. The summed E-state index contributed by atoms with van der Waals surface area (Å²) in [6.07, 6.45) is 10.8. The zero-order chi connectivity index (χ0) is 26.6. The van der Waals surface area contributed by atoms with Crippen molar-refractivity contribution in [2.75, 3.05) is 11.9 Å². The van der Waals surface area contributed by atoms with E-state index in [2.05, 4.69) is 25.6 Å². The average Bonchev–Trinajstić information content (AvgIpc) is 3.53. The lowest BCUT2D eigenvalue weighted by molar-refractivity contribution is -0.110. The van der Waals surface area contributed by atoms with Crippen molar-refractivity contribution in [3.8, 4) is 0 Å². The van der Waals surface area contributed by atoms with Gasteiger partial charge in [0, 0.05) is 36.4 Å². The number of H-pyrrole nitrogens is 1. The van der Waals surface area contributed by atoms with E-state index in [4.69, 9.17) is 0 Å². The van der Waals surface area contributed by atoms with Gasteiger partial charge in [0.15, 0.2) is 11.6 Å². The fourth-order valence-corrected chi connectivity index (χ4v) is 3.95. The lowest BCUT2D eigenvalue weighted by Gasteiger charge is -2.08. The van der Waals surface area contributed by atoms with Crippen LogP contribution in [-0.4, -0.2) is 37.9 Å². The summed E-state index contributed by atoms with van der Waals surface area (Å²) < 4.78 is 27.8. The van der Waals surface area contributed by atoms with E-state index in [0.717, 1.165) is 34.0 Å². The smallest absolute Gasteiger partial charge is 0.266 e. The highest BCUT2D eigenvalue weighted by Gasteiger charge is 2.24. The van der Waals surface area contributed by atoms with Gasteiger partial charge in [-0.05, 0) is 35.4 Å². The van der Waals surface area contributed by atoms with Crippen molar-refractivity contribution < 1.29 is 18.4 Å². The Hall–Kier alpha value is -5.19. The SMILES string of the molecule is O=C1Nc2cc(C=CCNC(=O)c3cncn(Cc4ccc(F)c(F)c4)c3=O)ccc2C1=Cc1ncc[nH]1. The number of halogens is 2. The van der Waals surface area contributed by atoms with Gasteiger partial charge in [-0.1, -0.05) is 30.4 Å². The Morgan fingerprint density at radius 3 is 2.76 bits per heavy atom. The first kappa shape index (κ1) is 24.5. The predicted octanol–water partition coefficient (Wildman–Crippen LogP) is 3.23. The van der Waals surface area contributed by atoms with Gasteiger partial charge in [-0.15, -0.1) is 0 Å². The van der Waals surface area contributed by atoms with E-state index in [1.165, 1.54) is 12.4 Å². The van der Waals surface area contributed by atoms with Gasteiger partial charge in [-0.2, -0.15) is 0 Å². The average molecular weight is 514 g/mol. The molecule has 1 aliphatic heterocycles. The third kappa shape index (κ3) is 5.16. The Labute approximate surface area is 214 Å². The van der Waals surface area contributed by atoms with Gasteiger partial charge in [0.2, 0.25) is 0 Å². The molecule has 0 bridgehead atoms. The summed E-state index contributed by atoms with van der Waals surface area (Å²) in [5.41, 5.74) is 2.28. The maximum absolute atomic E-state index is 13.5. The quantitative estimate of drug-likeness (QED) is 0.327. The topological polar surface area (TPSA) is 122 Å². The number of imidazole rings is 1. The molecule has 2 aromatic heterocycles. The third-order valence-corrected chi connectivity index (χ3v) is 5.80. The summed E-state index contributed by atoms with van der Waals surface area (Å²) in [5, 5.41) is 5.46. The van der Waals surface area contributed by atoms with Crippen LogP contribution in [0, 0.1) is 11.6 Å². The summed E-state index contributed by atoms with van der Waals surface area (Å²) >= 11 is 0. The van der Waals surface area contributed by atoms with Gasteiger partial charge in [0.1, 0.15) is 11.4 Å². The summed E-state index contributed by atoms with van der Waals surface area (Å²) in [4.78, 5) is 48.6. The Bertz CT molecular complexity index is 1660. The normalized spacial score (nSPS) is 13.6. The van der Waals surface area contributed by atoms with E-state index in [-0.39, 0.29) is 24.6 Å². The first-order chi connectivity index (χ1) is 18.4. The van der Waals surface area contributed by atoms with Crippen LogP contribution in [0.2, 0.25) is 0 Å². The summed E-state index contributed by atoms with van der Waals surface area (Å²) in [7, 11) is 0. The van der Waals surface area contributed by atoms with Crippen LogP contribution >= 0.6 is 0 Å². The number of hydrogen-bond acceptors (Lipinski definition) is 5. The molecule has 2 amide bonds. The van der Waals surface area contributed by atoms with E-state index < -0.39 is 23.1 Å². The number of rotatable bonds is 7. The van der Waals surface area contributed by atoms with Gasteiger partial charge < -0.3 is 15.6 Å². The molecular formula is C27H20F2N6O3. The largest absolute Gasteiger partial charge is 0.348 e. The molecule has 2 aromatic carbocycles. The molecule has 0 atom stereocenters. The molecule has 0 radical (unpaired) electrons. The van der Waals surface area contributed by atoms with Crippen LogP contribution in [0.1, 0.15) is 32.9 Å². The van der Waals surface area contributed by atoms with E-state index in [1.807, 2.05) is 18.2 Å². The molecule has 11 heteroatoms. The van der Waals surface area contributed by atoms with Crippen LogP contribution in [-0.2, 0) is 11.3 Å². The van der Waals surface area contributed by atoms with Gasteiger partial charge in [0.05, 0.1) is 18.4 Å². The van der Waals surface area contributed by atoms with E-state index in [9.17, 15) is 23.2 Å². The molecule has 0 saturated heterocycles. The molecule has 0 fully saturated rings. The Kier molecular flexibility index (Phi) is 6.72. The first-order valence-electron chi connectivity index (χ1n) is 11.5. The number of nitrogens with one attached hydrogen (secondary N) is 3. The summed E-state index contributed by atoms with van der Waals surface area (Å²) in [6, 6.07) is 8.78. The lowest BCUT2D eigenvalue weighted by atomic mass is 10.0. The van der Waals surface area contributed by atoms with Gasteiger partial charge in [-0.3, -0.25) is 19.0 Å². The number of hydrogen-bond donors (Lipinski definition) is 3. The predicted molar refractivity (Wildman–Crippen MR) is 137 cm³/mol. The number of aromatic nitrogens is 4. The second-order valence-corrected chi connectivity index (χ2v) is 8.39. The zero-order valence-corrected chi connectivity index (χ0v) is 19.7. The molecular weight excluding hydrogens is 494 g/mol. The van der Waals surface area contributed by atoms with Crippen molar-refractivity contribution >= 4 is 35.2 Å². The summed E-state index contributed by atoms with van der Waals surface area (Å²) in [5.74, 6) is -2.29. The van der Waals surface area contributed by atoms with Gasteiger partial charge >= 0.3 is 0 Å². The highest BCUT2D eigenvalue weighted by molar-refractivity contribution is 6.34.